The van der Waals surface area contributed by atoms with E-state index in [1.165, 1.54) is 44.6 Å². The summed E-state index contributed by atoms with van der Waals surface area (Å²) in [6.07, 6.45) is 5.92. The van der Waals surface area contributed by atoms with Crippen LogP contribution in [0, 0.1) is 6.92 Å². The first kappa shape index (κ1) is 11.6. The molecule has 0 atom stereocenters. The van der Waals surface area contributed by atoms with Crippen LogP contribution >= 0.6 is 0 Å². The zero-order valence-corrected chi connectivity index (χ0v) is 10.1. The maximum Gasteiger partial charge on any atom is 0.0925 e. The Balaban J connectivity index is 1.59. The quantitative estimate of drug-likeness (QED) is 0.738. The maximum atomic E-state index is 4.27. The fraction of sp³-hybridized carbons (Fsp3) is 0.750. The number of nitrogens with zero attached hydrogens (tertiary/aromatic N) is 2. The van der Waals surface area contributed by atoms with Gasteiger partial charge in [0, 0.05) is 25.3 Å². The van der Waals surface area contributed by atoms with Gasteiger partial charge in [0.05, 0.1) is 12.0 Å². The fourth-order valence-corrected chi connectivity index (χ4v) is 2.19. The summed E-state index contributed by atoms with van der Waals surface area (Å²) in [5.41, 5.74) is 2.31. The maximum absolute atomic E-state index is 4.27. The Kier molecular flexibility index (Phi) is 4.36. The third-order valence-corrected chi connectivity index (χ3v) is 3.28. The number of aromatic amines is 1. The van der Waals surface area contributed by atoms with E-state index in [1.807, 2.05) is 0 Å². The van der Waals surface area contributed by atoms with Crippen LogP contribution in [0.1, 0.15) is 30.7 Å². The zero-order chi connectivity index (χ0) is 11.2. The molecule has 0 radical (unpaired) electrons. The van der Waals surface area contributed by atoms with Crippen molar-refractivity contribution in [2.45, 2.75) is 32.7 Å². The standard InChI is InChI=1S/C12H22N4/c1-11-12(15-10-14-11)9-13-5-8-16-6-3-2-4-7-16/h10,13H,2-9H2,1H3,(H,14,15). The molecule has 2 N–H and O–H groups in total. The van der Waals surface area contributed by atoms with Crippen LogP contribution in [-0.2, 0) is 6.54 Å². The van der Waals surface area contributed by atoms with Gasteiger partial charge in [0.25, 0.3) is 0 Å². The Morgan fingerprint density at radius 2 is 2.19 bits per heavy atom. The Morgan fingerprint density at radius 1 is 1.38 bits per heavy atom. The van der Waals surface area contributed by atoms with E-state index in [4.69, 9.17) is 0 Å². The van der Waals surface area contributed by atoms with Crippen molar-refractivity contribution in [1.29, 1.82) is 0 Å². The monoisotopic (exact) mass is 222 g/mol. The van der Waals surface area contributed by atoms with Crippen molar-refractivity contribution in [3.05, 3.63) is 17.7 Å². The third-order valence-electron chi connectivity index (χ3n) is 3.28. The first-order valence-corrected chi connectivity index (χ1v) is 6.28. The van der Waals surface area contributed by atoms with E-state index < -0.39 is 0 Å². The van der Waals surface area contributed by atoms with Crippen molar-refractivity contribution < 1.29 is 0 Å². The van der Waals surface area contributed by atoms with E-state index in [-0.39, 0.29) is 0 Å². The van der Waals surface area contributed by atoms with Gasteiger partial charge >= 0.3 is 0 Å². The van der Waals surface area contributed by atoms with E-state index in [0.29, 0.717) is 0 Å². The summed E-state index contributed by atoms with van der Waals surface area (Å²) >= 11 is 0. The normalized spacial score (nSPS) is 17.8. The largest absolute Gasteiger partial charge is 0.348 e. The predicted molar refractivity (Wildman–Crippen MR) is 65.3 cm³/mol. The van der Waals surface area contributed by atoms with E-state index in [2.05, 4.69) is 27.1 Å². The summed E-state index contributed by atoms with van der Waals surface area (Å²) in [5.74, 6) is 0. The number of rotatable bonds is 5. The third kappa shape index (κ3) is 3.32. The highest BCUT2D eigenvalue weighted by Crippen LogP contribution is 2.07. The minimum absolute atomic E-state index is 0.878. The average molecular weight is 222 g/mol. The van der Waals surface area contributed by atoms with Crippen LogP contribution in [-0.4, -0.2) is 41.0 Å². The van der Waals surface area contributed by atoms with Gasteiger partial charge in [0.15, 0.2) is 0 Å². The number of aryl methyl sites for hydroxylation is 1. The van der Waals surface area contributed by atoms with Gasteiger partial charge in [0.2, 0.25) is 0 Å². The molecule has 1 aliphatic rings. The number of hydrogen-bond donors (Lipinski definition) is 2. The van der Waals surface area contributed by atoms with Crippen LogP contribution in [0.4, 0.5) is 0 Å². The SMILES string of the molecule is Cc1[nH]cnc1CNCCN1CCCCC1. The van der Waals surface area contributed by atoms with Gasteiger partial charge in [-0.25, -0.2) is 4.98 Å². The van der Waals surface area contributed by atoms with Crippen molar-refractivity contribution in [3.63, 3.8) is 0 Å². The summed E-state index contributed by atoms with van der Waals surface area (Å²) in [5, 5.41) is 3.45. The molecule has 4 nitrogen and oxygen atoms in total. The van der Waals surface area contributed by atoms with E-state index in [1.54, 1.807) is 6.33 Å². The molecular formula is C12H22N4. The lowest BCUT2D eigenvalue weighted by atomic mass is 10.1. The molecule has 0 bridgehead atoms. The van der Waals surface area contributed by atoms with Gasteiger partial charge in [0.1, 0.15) is 0 Å². The number of H-pyrrole nitrogens is 1. The van der Waals surface area contributed by atoms with Crippen LogP contribution in [0.25, 0.3) is 0 Å². The average Bonchev–Trinajstić information content (AvgIpc) is 2.72. The number of imidazole rings is 1. The van der Waals surface area contributed by atoms with Gasteiger partial charge in [-0.1, -0.05) is 6.42 Å². The lowest BCUT2D eigenvalue weighted by Crippen LogP contribution is -2.35. The van der Waals surface area contributed by atoms with Gasteiger partial charge < -0.3 is 15.2 Å². The molecule has 1 aromatic heterocycles. The number of nitrogens with one attached hydrogen (secondary N) is 2. The van der Waals surface area contributed by atoms with Crippen LogP contribution in [0.15, 0.2) is 6.33 Å². The van der Waals surface area contributed by atoms with Crippen LogP contribution in [0.3, 0.4) is 0 Å². The van der Waals surface area contributed by atoms with Gasteiger partial charge in [-0.05, 0) is 32.9 Å². The summed E-state index contributed by atoms with van der Waals surface area (Å²) in [7, 11) is 0. The Labute approximate surface area is 97.4 Å². The van der Waals surface area contributed by atoms with Crippen molar-refractivity contribution in [3.8, 4) is 0 Å². The zero-order valence-electron chi connectivity index (χ0n) is 10.1. The molecule has 0 aromatic carbocycles. The molecule has 0 unspecified atom stereocenters. The molecule has 0 saturated carbocycles. The molecule has 0 aliphatic carbocycles. The Bertz CT molecular complexity index is 302. The van der Waals surface area contributed by atoms with Crippen molar-refractivity contribution in [2.24, 2.45) is 0 Å². The molecule has 2 rings (SSSR count). The summed E-state index contributed by atoms with van der Waals surface area (Å²) in [6, 6.07) is 0. The molecule has 16 heavy (non-hydrogen) atoms. The van der Waals surface area contributed by atoms with Crippen LogP contribution in [0.2, 0.25) is 0 Å². The molecule has 0 spiro atoms. The summed E-state index contributed by atoms with van der Waals surface area (Å²) in [6.45, 7) is 7.74. The van der Waals surface area contributed by atoms with Gasteiger partial charge in [-0.3, -0.25) is 0 Å². The highest BCUT2D eigenvalue weighted by molar-refractivity contribution is 5.07. The first-order chi connectivity index (χ1) is 7.86. The number of hydrogen-bond acceptors (Lipinski definition) is 3. The second kappa shape index (κ2) is 6.01. The highest BCUT2D eigenvalue weighted by Gasteiger charge is 2.08. The molecule has 0 amide bonds. The number of likely N-dealkylation sites (tertiary alicyclic amines) is 1. The second-order valence-electron chi connectivity index (χ2n) is 4.55. The summed E-state index contributed by atoms with van der Waals surface area (Å²) < 4.78 is 0. The molecule has 1 aliphatic heterocycles. The van der Waals surface area contributed by atoms with E-state index in [9.17, 15) is 0 Å². The summed E-state index contributed by atoms with van der Waals surface area (Å²) in [4.78, 5) is 9.92. The second-order valence-corrected chi connectivity index (χ2v) is 4.55. The molecule has 1 fully saturated rings. The topological polar surface area (TPSA) is 44.0 Å². The van der Waals surface area contributed by atoms with Gasteiger partial charge in [-0.15, -0.1) is 0 Å². The minimum Gasteiger partial charge on any atom is -0.348 e. The van der Waals surface area contributed by atoms with Crippen LogP contribution in [0.5, 0.6) is 0 Å². The van der Waals surface area contributed by atoms with Crippen molar-refractivity contribution in [1.82, 2.24) is 20.2 Å². The number of aromatic nitrogens is 2. The highest BCUT2D eigenvalue weighted by atomic mass is 15.1. The smallest absolute Gasteiger partial charge is 0.0925 e. The van der Waals surface area contributed by atoms with Crippen LogP contribution < -0.4 is 5.32 Å². The first-order valence-electron chi connectivity index (χ1n) is 6.28. The van der Waals surface area contributed by atoms with Crippen molar-refractivity contribution >= 4 is 0 Å². The Morgan fingerprint density at radius 3 is 2.88 bits per heavy atom. The van der Waals surface area contributed by atoms with Gasteiger partial charge in [-0.2, -0.15) is 0 Å². The molecule has 2 heterocycles. The molecular weight excluding hydrogens is 200 g/mol. The fourth-order valence-electron chi connectivity index (χ4n) is 2.19. The lowest BCUT2D eigenvalue weighted by molar-refractivity contribution is 0.229. The Hall–Kier alpha value is -0.870. The molecule has 1 aromatic rings. The molecule has 1 saturated heterocycles. The van der Waals surface area contributed by atoms with E-state index in [0.717, 1.165) is 18.8 Å². The number of piperidine rings is 1. The van der Waals surface area contributed by atoms with Crippen molar-refractivity contribution in [2.75, 3.05) is 26.2 Å². The predicted octanol–water partition coefficient (Wildman–Crippen LogP) is 1.29. The molecule has 90 valence electrons. The minimum atomic E-state index is 0.878. The van der Waals surface area contributed by atoms with E-state index >= 15 is 0 Å². The lowest BCUT2D eigenvalue weighted by Gasteiger charge is -2.26. The molecule has 4 heteroatoms.